The Balaban J connectivity index is 1.55. The first-order valence-corrected chi connectivity index (χ1v) is 8.98. The molecule has 2 amide bonds. The quantitative estimate of drug-likeness (QED) is 0.832. The predicted molar refractivity (Wildman–Crippen MR) is 99.6 cm³/mol. The van der Waals surface area contributed by atoms with Crippen LogP contribution in [0.5, 0.6) is 5.75 Å². The van der Waals surface area contributed by atoms with E-state index in [9.17, 15) is 9.59 Å². The van der Waals surface area contributed by atoms with E-state index in [1.165, 1.54) is 5.56 Å². The van der Waals surface area contributed by atoms with Gasteiger partial charge in [-0.2, -0.15) is 0 Å². The molecule has 1 aliphatic heterocycles. The summed E-state index contributed by atoms with van der Waals surface area (Å²) in [5, 5.41) is 0. The van der Waals surface area contributed by atoms with Crippen LogP contribution in [0.4, 0.5) is 0 Å². The van der Waals surface area contributed by atoms with Crippen LogP contribution in [0.15, 0.2) is 60.7 Å². The lowest BCUT2D eigenvalue weighted by atomic mass is 10.1. The number of benzene rings is 2. The Hall–Kier alpha value is -2.82. The Morgan fingerprint density at radius 1 is 1.04 bits per heavy atom. The summed E-state index contributed by atoms with van der Waals surface area (Å²) in [6, 6.07) is 18.9. The maximum absolute atomic E-state index is 12.6. The molecule has 2 aromatic carbocycles. The summed E-state index contributed by atoms with van der Waals surface area (Å²) in [5.41, 5.74) is 6.72. The fourth-order valence-corrected chi connectivity index (χ4v) is 3.35. The molecule has 0 aliphatic carbocycles. The summed E-state index contributed by atoms with van der Waals surface area (Å²) in [6.45, 7) is 0.396. The van der Waals surface area contributed by atoms with Gasteiger partial charge in [0.2, 0.25) is 11.8 Å². The van der Waals surface area contributed by atoms with Gasteiger partial charge in [0.25, 0.3) is 0 Å². The number of hydrogen-bond donors (Lipinski definition) is 1. The Kier molecular flexibility index (Phi) is 5.89. The van der Waals surface area contributed by atoms with E-state index in [0.717, 1.165) is 18.6 Å². The second kappa shape index (κ2) is 8.52. The number of ether oxygens (including phenoxy) is 1. The number of amides is 2. The van der Waals surface area contributed by atoms with Gasteiger partial charge in [0, 0.05) is 12.8 Å². The van der Waals surface area contributed by atoms with Gasteiger partial charge in [-0.3, -0.25) is 9.59 Å². The molecule has 1 aliphatic rings. The number of hydrogen-bond acceptors (Lipinski definition) is 3. The number of nitrogens with two attached hydrogens (primary N) is 1. The highest BCUT2D eigenvalue weighted by atomic mass is 16.5. The molecule has 1 heterocycles. The molecule has 0 saturated carbocycles. The van der Waals surface area contributed by atoms with Gasteiger partial charge in [0.05, 0.1) is 6.54 Å². The number of para-hydroxylation sites is 1. The second-order valence-corrected chi connectivity index (χ2v) is 6.59. The summed E-state index contributed by atoms with van der Waals surface area (Å²) in [5.74, 6) is 0.226. The summed E-state index contributed by atoms with van der Waals surface area (Å²) in [7, 11) is 0. The molecule has 2 unspecified atom stereocenters. The molecule has 1 fully saturated rings. The topological polar surface area (TPSA) is 72.6 Å². The Morgan fingerprint density at radius 3 is 2.35 bits per heavy atom. The van der Waals surface area contributed by atoms with E-state index in [2.05, 4.69) is 12.1 Å². The van der Waals surface area contributed by atoms with Crippen molar-refractivity contribution < 1.29 is 14.3 Å². The zero-order valence-electron chi connectivity index (χ0n) is 14.7. The van der Waals surface area contributed by atoms with Crippen LogP contribution in [0.1, 0.15) is 24.8 Å². The Bertz CT molecular complexity index is 733. The third kappa shape index (κ3) is 4.63. The lowest BCUT2D eigenvalue weighted by Gasteiger charge is -2.21. The van der Waals surface area contributed by atoms with Gasteiger partial charge in [-0.15, -0.1) is 0 Å². The molecular weight excluding hydrogens is 328 g/mol. The van der Waals surface area contributed by atoms with Gasteiger partial charge >= 0.3 is 0 Å². The summed E-state index contributed by atoms with van der Waals surface area (Å²) < 4.78 is 5.91. The maximum atomic E-state index is 12.6. The van der Waals surface area contributed by atoms with Crippen LogP contribution in [-0.2, 0) is 16.0 Å². The molecule has 5 nitrogen and oxygen atoms in total. The van der Waals surface area contributed by atoms with E-state index in [-0.39, 0.29) is 12.0 Å². The third-order valence-electron chi connectivity index (χ3n) is 4.66. The number of aryl methyl sites for hydroxylation is 1. The van der Waals surface area contributed by atoms with Crippen LogP contribution in [0.25, 0.3) is 0 Å². The van der Waals surface area contributed by atoms with Gasteiger partial charge in [0.1, 0.15) is 17.9 Å². The van der Waals surface area contributed by atoms with Crippen molar-refractivity contribution in [3.63, 3.8) is 0 Å². The SMILES string of the molecule is NC(=O)C1CC(Oc2ccccc2)CN1C(=O)CCCc1ccccc1. The summed E-state index contributed by atoms with van der Waals surface area (Å²) in [4.78, 5) is 26.0. The first kappa shape index (κ1) is 18.0. The number of carbonyl (C=O) groups is 2. The average molecular weight is 352 g/mol. The highest BCUT2D eigenvalue weighted by Gasteiger charge is 2.39. The molecule has 2 aromatic rings. The molecule has 0 radical (unpaired) electrons. The van der Waals surface area contributed by atoms with Crippen molar-refractivity contribution in [2.45, 2.75) is 37.8 Å². The lowest BCUT2D eigenvalue weighted by molar-refractivity contribution is -0.137. The number of carbonyl (C=O) groups excluding carboxylic acids is 2. The molecule has 5 heteroatoms. The molecule has 2 atom stereocenters. The smallest absolute Gasteiger partial charge is 0.240 e. The van der Waals surface area contributed by atoms with Gasteiger partial charge in [-0.1, -0.05) is 48.5 Å². The predicted octanol–water partition coefficient (Wildman–Crippen LogP) is 2.54. The maximum Gasteiger partial charge on any atom is 0.240 e. The van der Waals surface area contributed by atoms with Crippen molar-refractivity contribution in [3.8, 4) is 5.75 Å². The molecular formula is C21H24N2O3. The van der Waals surface area contributed by atoms with Crippen molar-refractivity contribution in [2.24, 2.45) is 5.73 Å². The van der Waals surface area contributed by atoms with Crippen molar-refractivity contribution in [2.75, 3.05) is 6.54 Å². The third-order valence-corrected chi connectivity index (χ3v) is 4.66. The molecule has 2 N–H and O–H groups in total. The van der Waals surface area contributed by atoms with Crippen LogP contribution in [0.3, 0.4) is 0 Å². The zero-order valence-corrected chi connectivity index (χ0v) is 14.7. The minimum atomic E-state index is -0.590. The van der Waals surface area contributed by atoms with Gasteiger partial charge in [-0.25, -0.2) is 0 Å². The Labute approximate surface area is 153 Å². The van der Waals surface area contributed by atoms with Crippen LogP contribution in [0, 0.1) is 0 Å². The second-order valence-electron chi connectivity index (χ2n) is 6.59. The Morgan fingerprint density at radius 2 is 1.69 bits per heavy atom. The minimum Gasteiger partial charge on any atom is -0.488 e. The lowest BCUT2D eigenvalue weighted by Crippen LogP contribution is -2.43. The normalized spacial score (nSPS) is 19.3. The molecule has 0 spiro atoms. The average Bonchev–Trinajstić information content (AvgIpc) is 3.08. The van der Waals surface area contributed by atoms with Crippen molar-refractivity contribution in [1.29, 1.82) is 0 Å². The highest BCUT2D eigenvalue weighted by molar-refractivity contribution is 5.87. The van der Waals surface area contributed by atoms with Crippen molar-refractivity contribution in [1.82, 2.24) is 4.90 Å². The summed E-state index contributed by atoms with van der Waals surface area (Å²) in [6.07, 6.45) is 2.21. The van der Waals surface area contributed by atoms with E-state index < -0.39 is 11.9 Å². The first-order valence-electron chi connectivity index (χ1n) is 8.98. The largest absolute Gasteiger partial charge is 0.488 e. The number of rotatable bonds is 7. The minimum absolute atomic E-state index is 0.0381. The monoisotopic (exact) mass is 352 g/mol. The number of likely N-dealkylation sites (tertiary alicyclic amines) is 1. The van der Waals surface area contributed by atoms with Crippen LogP contribution >= 0.6 is 0 Å². The molecule has 136 valence electrons. The van der Waals surface area contributed by atoms with E-state index >= 15 is 0 Å². The van der Waals surface area contributed by atoms with E-state index in [1.807, 2.05) is 48.5 Å². The van der Waals surface area contributed by atoms with E-state index in [1.54, 1.807) is 4.90 Å². The van der Waals surface area contributed by atoms with Crippen molar-refractivity contribution >= 4 is 11.8 Å². The fourth-order valence-electron chi connectivity index (χ4n) is 3.35. The van der Waals surface area contributed by atoms with E-state index in [0.29, 0.717) is 19.4 Å². The first-order chi connectivity index (χ1) is 12.6. The molecule has 0 bridgehead atoms. The molecule has 0 aromatic heterocycles. The fraction of sp³-hybridized carbons (Fsp3) is 0.333. The van der Waals surface area contributed by atoms with Crippen LogP contribution < -0.4 is 10.5 Å². The van der Waals surface area contributed by atoms with E-state index in [4.69, 9.17) is 10.5 Å². The highest BCUT2D eigenvalue weighted by Crippen LogP contribution is 2.24. The van der Waals surface area contributed by atoms with Gasteiger partial charge in [-0.05, 0) is 30.5 Å². The zero-order chi connectivity index (χ0) is 18.4. The number of nitrogens with zero attached hydrogens (tertiary/aromatic N) is 1. The summed E-state index contributed by atoms with van der Waals surface area (Å²) >= 11 is 0. The van der Waals surface area contributed by atoms with Crippen molar-refractivity contribution in [3.05, 3.63) is 66.2 Å². The van der Waals surface area contributed by atoms with Crippen LogP contribution in [0.2, 0.25) is 0 Å². The molecule has 1 saturated heterocycles. The molecule has 3 rings (SSSR count). The number of primary amides is 1. The van der Waals surface area contributed by atoms with Crippen LogP contribution in [-0.4, -0.2) is 35.4 Å². The van der Waals surface area contributed by atoms with Gasteiger partial charge in [0.15, 0.2) is 0 Å². The standard InChI is InChI=1S/C21H24N2O3/c22-21(25)19-14-18(26-17-11-5-2-6-12-17)15-23(19)20(24)13-7-10-16-8-3-1-4-9-16/h1-6,8-9,11-12,18-19H,7,10,13-15H2,(H2,22,25). The van der Waals surface area contributed by atoms with Gasteiger partial charge < -0.3 is 15.4 Å². The molecule has 26 heavy (non-hydrogen) atoms.